The fourth-order valence-electron chi connectivity index (χ4n) is 5.94. The number of pyridine rings is 1. The monoisotopic (exact) mass is 536 g/mol. The highest BCUT2D eigenvalue weighted by Gasteiger charge is 2.26. The summed E-state index contributed by atoms with van der Waals surface area (Å²) in [6.07, 6.45) is 10.6. The number of carbonyl (C=O) groups excluding carboxylic acids is 1. The van der Waals surface area contributed by atoms with Crippen molar-refractivity contribution >= 4 is 22.6 Å². The highest BCUT2D eigenvalue weighted by molar-refractivity contribution is 6.08. The van der Waals surface area contributed by atoms with E-state index in [0.717, 1.165) is 83.8 Å². The SMILES string of the molecule is C=C1NC(C)=CC(CCC)=C1CNC(=O)c1cc(-c2ccc(N3CCN(C)CC3)nc2)cc2c1ccn2C1CC1. The maximum Gasteiger partial charge on any atom is 0.252 e. The second-order valence-corrected chi connectivity index (χ2v) is 11.5. The number of likely N-dealkylation sites (N-methyl/N-ethyl adjacent to an activating group) is 1. The van der Waals surface area contributed by atoms with E-state index in [9.17, 15) is 4.79 Å². The molecule has 1 amide bonds. The van der Waals surface area contributed by atoms with Crippen LogP contribution in [-0.4, -0.2) is 60.1 Å². The predicted molar refractivity (Wildman–Crippen MR) is 163 cm³/mol. The number of fused-ring (bicyclic) bond motifs is 1. The fraction of sp³-hybridized carbons (Fsp3) is 0.394. The normalized spacial score (nSPS) is 18.2. The summed E-state index contributed by atoms with van der Waals surface area (Å²) < 4.78 is 2.34. The minimum atomic E-state index is -0.0650. The molecule has 1 aromatic carbocycles. The molecule has 3 aromatic rings. The summed E-state index contributed by atoms with van der Waals surface area (Å²) in [6.45, 7) is 13.0. The summed E-state index contributed by atoms with van der Waals surface area (Å²) in [6, 6.07) is 11.1. The summed E-state index contributed by atoms with van der Waals surface area (Å²) in [5.41, 5.74) is 8.14. The number of allylic oxidation sites excluding steroid dienone is 3. The van der Waals surface area contributed by atoms with Gasteiger partial charge in [0.15, 0.2) is 0 Å². The van der Waals surface area contributed by atoms with Crippen LogP contribution in [0.1, 0.15) is 55.9 Å². The van der Waals surface area contributed by atoms with E-state index in [1.807, 2.05) is 12.3 Å². The number of piperazine rings is 1. The van der Waals surface area contributed by atoms with Gasteiger partial charge in [-0.05, 0) is 86.4 Å². The number of dihydropyridines is 1. The average molecular weight is 537 g/mol. The summed E-state index contributed by atoms with van der Waals surface area (Å²) in [7, 11) is 2.16. The molecule has 2 aromatic heterocycles. The maximum absolute atomic E-state index is 13.8. The molecular weight excluding hydrogens is 496 g/mol. The van der Waals surface area contributed by atoms with E-state index < -0.39 is 0 Å². The lowest BCUT2D eigenvalue weighted by Crippen LogP contribution is -2.44. The Morgan fingerprint density at radius 1 is 1.12 bits per heavy atom. The molecule has 2 aliphatic heterocycles. The zero-order chi connectivity index (χ0) is 27.8. The van der Waals surface area contributed by atoms with Crippen LogP contribution in [0.2, 0.25) is 0 Å². The molecular formula is C33H40N6O. The van der Waals surface area contributed by atoms with Crippen LogP contribution in [0, 0.1) is 0 Å². The first-order chi connectivity index (χ1) is 19.4. The van der Waals surface area contributed by atoms with Gasteiger partial charge in [-0.15, -0.1) is 0 Å². The van der Waals surface area contributed by atoms with Gasteiger partial charge in [0.2, 0.25) is 0 Å². The zero-order valence-electron chi connectivity index (χ0n) is 24.0. The molecule has 7 nitrogen and oxygen atoms in total. The number of hydrogen-bond donors (Lipinski definition) is 2. The number of nitrogens with one attached hydrogen (secondary N) is 2. The molecule has 0 unspecified atom stereocenters. The molecule has 208 valence electrons. The van der Waals surface area contributed by atoms with Crippen molar-refractivity contribution in [1.82, 2.24) is 25.1 Å². The van der Waals surface area contributed by atoms with E-state index in [-0.39, 0.29) is 5.91 Å². The highest BCUT2D eigenvalue weighted by atomic mass is 16.1. The van der Waals surface area contributed by atoms with Crippen LogP contribution in [0.25, 0.3) is 22.0 Å². The van der Waals surface area contributed by atoms with Crippen LogP contribution < -0.4 is 15.5 Å². The summed E-state index contributed by atoms with van der Waals surface area (Å²) >= 11 is 0. The summed E-state index contributed by atoms with van der Waals surface area (Å²) in [4.78, 5) is 23.3. The molecule has 2 N–H and O–H groups in total. The smallest absolute Gasteiger partial charge is 0.252 e. The largest absolute Gasteiger partial charge is 0.359 e. The molecule has 40 heavy (non-hydrogen) atoms. The van der Waals surface area contributed by atoms with Crippen molar-refractivity contribution in [1.29, 1.82) is 0 Å². The van der Waals surface area contributed by atoms with Gasteiger partial charge in [-0.25, -0.2) is 4.98 Å². The Morgan fingerprint density at radius 3 is 2.62 bits per heavy atom. The third-order valence-corrected chi connectivity index (χ3v) is 8.37. The van der Waals surface area contributed by atoms with Crippen molar-refractivity contribution in [3.63, 3.8) is 0 Å². The first-order valence-corrected chi connectivity index (χ1v) is 14.6. The molecule has 0 atom stereocenters. The van der Waals surface area contributed by atoms with E-state index in [2.05, 4.69) is 89.0 Å². The molecule has 0 radical (unpaired) electrons. The van der Waals surface area contributed by atoms with E-state index in [4.69, 9.17) is 4.98 Å². The Bertz CT molecular complexity index is 1500. The summed E-state index contributed by atoms with van der Waals surface area (Å²) in [5, 5.41) is 7.55. The number of rotatable bonds is 8. The van der Waals surface area contributed by atoms with E-state index >= 15 is 0 Å². The van der Waals surface area contributed by atoms with Crippen LogP contribution >= 0.6 is 0 Å². The Morgan fingerprint density at radius 2 is 1.93 bits per heavy atom. The molecule has 0 spiro atoms. The molecule has 3 aliphatic rings. The van der Waals surface area contributed by atoms with Crippen molar-refractivity contribution in [3.8, 4) is 11.1 Å². The first kappa shape index (κ1) is 26.4. The third kappa shape index (κ3) is 5.30. The van der Waals surface area contributed by atoms with Gasteiger partial charge in [0.1, 0.15) is 5.82 Å². The zero-order valence-corrected chi connectivity index (χ0v) is 24.0. The Kier molecular flexibility index (Phi) is 7.24. The Hall–Kier alpha value is -3.84. The highest BCUT2D eigenvalue weighted by Crippen LogP contribution is 2.39. The molecule has 4 heterocycles. The Balaban J connectivity index is 1.30. The van der Waals surface area contributed by atoms with Crippen LogP contribution in [0.3, 0.4) is 0 Å². The van der Waals surface area contributed by atoms with Crippen molar-refractivity contribution < 1.29 is 4.79 Å². The quantitative estimate of drug-likeness (QED) is 0.390. The van der Waals surface area contributed by atoms with E-state index in [1.54, 1.807) is 0 Å². The fourth-order valence-corrected chi connectivity index (χ4v) is 5.94. The number of hydrogen-bond acceptors (Lipinski definition) is 5. The summed E-state index contributed by atoms with van der Waals surface area (Å²) in [5.74, 6) is 0.948. The lowest BCUT2D eigenvalue weighted by Gasteiger charge is -2.33. The molecule has 1 saturated carbocycles. The number of aromatic nitrogens is 2. The molecule has 7 heteroatoms. The second kappa shape index (κ2) is 11.0. The number of carbonyl (C=O) groups is 1. The topological polar surface area (TPSA) is 65.4 Å². The molecule has 0 bridgehead atoms. The van der Waals surface area contributed by atoms with Gasteiger partial charge < -0.3 is 25.0 Å². The number of amides is 1. The van der Waals surface area contributed by atoms with Gasteiger partial charge in [0, 0.05) is 84.6 Å². The second-order valence-electron chi connectivity index (χ2n) is 11.5. The lowest BCUT2D eigenvalue weighted by atomic mass is 9.96. The van der Waals surface area contributed by atoms with Gasteiger partial charge in [-0.2, -0.15) is 0 Å². The first-order valence-electron chi connectivity index (χ1n) is 14.6. The van der Waals surface area contributed by atoms with Crippen LogP contribution in [0.15, 0.2) is 77.9 Å². The molecule has 1 aliphatic carbocycles. The molecule has 6 rings (SSSR count). The maximum atomic E-state index is 13.8. The Labute approximate surface area is 237 Å². The predicted octanol–water partition coefficient (Wildman–Crippen LogP) is 5.64. The van der Waals surface area contributed by atoms with Gasteiger partial charge in [-0.3, -0.25) is 4.79 Å². The van der Waals surface area contributed by atoms with Gasteiger partial charge in [-0.1, -0.05) is 19.9 Å². The van der Waals surface area contributed by atoms with Crippen molar-refractivity contribution in [2.75, 3.05) is 44.7 Å². The number of nitrogens with zero attached hydrogens (tertiary/aromatic N) is 4. The van der Waals surface area contributed by atoms with Crippen LogP contribution in [0.4, 0.5) is 5.82 Å². The number of anilines is 1. The van der Waals surface area contributed by atoms with Crippen LogP contribution in [0.5, 0.6) is 0 Å². The standard InChI is InChI=1S/C33H40N6O/c1-5-6-24-17-22(2)36-23(3)30(24)21-35-33(40)29-18-26(19-31-28(29)11-12-39(31)27-8-9-27)25-7-10-32(34-20-25)38-15-13-37(4)14-16-38/h7,10-12,17-20,27,36H,3,5-6,8-9,13-16,21H2,1-2,4H3,(H,35,40). The van der Waals surface area contributed by atoms with Gasteiger partial charge in [0.05, 0.1) is 0 Å². The van der Waals surface area contributed by atoms with Crippen molar-refractivity contribution in [2.45, 2.75) is 45.6 Å². The third-order valence-electron chi connectivity index (χ3n) is 8.37. The van der Waals surface area contributed by atoms with E-state index in [1.165, 1.54) is 18.4 Å². The molecule has 2 fully saturated rings. The van der Waals surface area contributed by atoms with Crippen LogP contribution in [-0.2, 0) is 0 Å². The van der Waals surface area contributed by atoms with E-state index in [0.29, 0.717) is 18.2 Å². The van der Waals surface area contributed by atoms with Gasteiger partial charge >= 0.3 is 0 Å². The molecule has 1 saturated heterocycles. The lowest BCUT2D eigenvalue weighted by molar-refractivity contribution is 0.0959. The minimum absolute atomic E-state index is 0.0650. The number of benzene rings is 1. The van der Waals surface area contributed by atoms with Gasteiger partial charge in [0.25, 0.3) is 5.91 Å². The van der Waals surface area contributed by atoms with Crippen molar-refractivity contribution in [2.24, 2.45) is 0 Å². The minimum Gasteiger partial charge on any atom is -0.359 e. The average Bonchev–Trinajstić information content (AvgIpc) is 3.71. The van der Waals surface area contributed by atoms with Crippen molar-refractivity contribution in [3.05, 3.63) is 83.5 Å².